The smallest absolute Gasteiger partial charge is 0.408 e. The minimum Gasteiger partial charge on any atom is -0.444 e. The summed E-state index contributed by atoms with van der Waals surface area (Å²) in [5, 5.41) is 3.61. The third kappa shape index (κ3) is 5.53. The second-order valence-corrected chi connectivity index (χ2v) is 10.3. The van der Waals surface area contributed by atoms with E-state index >= 15 is 0 Å². The number of hydrogen-bond donors (Lipinski definition) is 1. The van der Waals surface area contributed by atoms with Crippen molar-refractivity contribution in [2.75, 3.05) is 0 Å². The van der Waals surface area contributed by atoms with Gasteiger partial charge in [0, 0.05) is 33.9 Å². The molecule has 5 nitrogen and oxygen atoms in total. The van der Waals surface area contributed by atoms with E-state index < -0.39 is 33.3 Å². The molecule has 1 aromatic heterocycles. The van der Waals surface area contributed by atoms with E-state index in [2.05, 4.69) is 10.3 Å². The van der Waals surface area contributed by atoms with Crippen LogP contribution in [-0.4, -0.2) is 25.6 Å². The van der Waals surface area contributed by atoms with Gasteiger partial charge >= 0.3 is 6.09 Å². The maximum atomic E-state index is 13.0. The summed E-state index contributed by atoms with van der Waals surface area (Å²) in [4.78, 5) is 16.5. The van der Waals surface area contributed by atoms with Crippen molar-refractivity contribution in [1.82, 2.24) is 10.3 Å². The fourth-order valence-corrected chi connectivity index (χ4v) is 3.73. The van der Waals surface area contributed by atoms with Gasteiger partial charge in [0.25, 0.3) is 0 Å². The summed E-state index contributed by atoms with van der Waals surface area (Å²) in [6.45, 7) is 11.2. The number of hydrogen-bond acceptors (Lipinski definition) is 4. The molecule has 2 atom stereocenters. The Kier molecular flexibility index (Phi) is 6.48. The normalized spacial score (nSPS) is 19.2. The van der Waals surface area contributed by atoms with Crippen molar-refractivity contribution in [3.8, 4) is 0 Å². The van der Waals surface area contributed by atoms with Crippen LogP contribution in [0.1, 0.15) is 53.1 Å². The van der Waals surface area contributed by atoms with Crippen LogP contribution < -0.4 is 5.32 Å². The van der Waals surface area contributed by atoms with Gasteiger partial charge in [0.2, 0.25) is 0 Å². The number of nitrogens with zero attached hydrogens (tertiary/aromatic N) is 1. The molecule has 2 rings (SSSR count). The molecule has 1 aliphatic carbocycles. The van der Waals surface area contributed by atoms with Gasteiger partial charge < -0.3 is 10.1 Å². The quantitative estimate of drug-likeness (QED) is 0.866. The Hall–Kier alpha value is -1.43. The molecule has 0 aromatic carbocycles. The molecule has 5 radical (unpaired) electrons. The van der Waals surface area contributed by atoms with Crippen LogP contribution in [0.5, 0.6) is 0 Å². The summed E-state index contributed by atoms with van der Waals surface area (Å²) in [6, 6.07) is 3.20. The molecule has 1 saturated carbocycles. The Morgan fingerprint density at radius 3 is 2.42 bits per heavy atom. The Balaban J connectivity index is 2.29. The number of nitrogens with one attached hydrogen (secondary N) is 1. The fourth-order valence-electron chi connectivity index (χ4n) is 2.47. The van der Waals surface area contributed by atoms with E-state index in [9.17, 15) is 9.00 Å². The number of aromatic nitrogens is 1. The minimum absolute atomic E-state index is 0.408. The Morgan fingerprint density at radius 2 is 1.88 bits per heavy atom. The average Bonchev–Trinajstić information content (AvgIpc) is 2.99. The molecule has 1 fully saturated rings. The van der Waals surface area contributed by atoms with E-state index in [1.54, 1.807) is 12.4 Å². The highest BCUT2D eigenvalue weighted by Gasteiger charge is 2.44. The summed E-state index contributed by atoms with van der Waals surface area (Å²) in [5.74, 6) is 0.789. The van der Waals surface area contributed by atoms with Crippen molar-refractivity contribution in [1.29, 1.82) is 0 Å². The van der Waals surface area contributed by atoms with Crippen molar-refractivity contribution in [3.63, 3.8) is 0 Å². The van der Waals surface area contributed by atoms with Gasteiger partial charge in [-0.1, -0.05) is 6.07 Å². The van der Waals surface area contributed by atoms with Gasteiger partial charge in [-0.25, -0.2) is 4.79 Å². The van der Waals surface area contributed by atoms with Gasteiger partial charge in [-0.2, -0.15) is 0 Å². The van der Waals surface area contributed by atoms with E-state index in [0.29, 0.717) is 5.25 Å². The highest BCUT2D eigenvalue weighted by molar-refractivity contribution is 7.89. The third-order valence-electron chi connectivity index (χ3n) is 3.55. The second kappa shape index (κ2) is 8.07. The van der Waals surface area contributed by atoms with Crippen LogP contribution in [0.15, 0.2) is 24.5 Å². The average molecular weight is 376 g/mol. The molecule has 0 unspecified atom stereocenters. The van der Waals surface area contributed by atoms with Crippen LogP contribution in [0.4, 0.5) is 4.79 Å². The van der Waals surface area contributed by atoms with E-state index in [1.807, 2.05) is 72.9 Å². The van der Waals surface area contributed by atoms with Gasteiger partial charge in [0.15, 0.2) is 0 Å². The van der Waals surface area contributed by atoms with Crippen LogP contribution >= 0.6 is 0 Å². The van der Waals surface area contributed by atoms with Crippen LogP contribution in [0.3, 0.4) is 0 Å². The SMILES string of the molecule is CC(C)(C)OC(=O)N[C@H]([C]1[CH][CH][CH][C]1[S@@](=O)C(C)(C)C)c1cccnc1. The summed E-state index contributed by atoms with van der Waals surface area (Å²) in [7, 11) is -1.22. The van der Waals surface area contributed by atoms with Gasteiger partial charge in [-0.3, -0.25) is 9.19 Å². The first-order valence-corrected chi connectivity index (χ1v) is 9.71. The van der Waals surface area contributed by atoms with Gasteiger partial charge in [-0.05, 0) is 72.4 Å². The van der Waals surface area contributed by atoms with Crippen molar-refractivity contribution >= 4 is 16.9 Å². The van der Waals surface area contributed by atoms with Gasteiger partial charge in [0.1, 0.15) is 5.60 Å². The highest BCUT2D eigenvalue weighted by atomic mass is 32.2. The Morgan fingerprint density at radius 1 is 1.19 bits per heavy atom. The number of carbonyl (C=O) groups excluding carboxylic acids is 1. The maximum absolute atomic E-state index is 13.0. The molecule has 1 aromatic rings. The van der Waals surface area contributed by atoms with Crippen molar-refractivity contribution in [3.05, 3.63) is 60.5 Å². The number of ether oxygens (including phenoxy) is 1. The standard InChI is InChI=1S/C20H27N2O3S/c1-19(2,3)25-18(23)22-17(14-9-8-12-21-13-14)15-10-7-11-16(15)26(24)20(4,5)6/h7-13,17H,1-6H3,(H,22,23)/t17-,26+/m0/s1. The predicted octanol–water partition coefficient (Wildman–Crippen LogP) is 3.93. The number of alkyl carbamates (subject to hydrolysis) is 1. The van der Waals surface area contributed by atoms with Crippen LogP contribution in [-0.2, 0) is 15.5 Å². The molecular weight excluding hydrogens is 348 g/mol. The first-order valence-electron chi connectivity index (χ1n) is 8.56. The fraction of sp³-hybridized carbons (Fsp3) is 0.450. The number of amides is 1. The van der Waals surface area contributed by atoms with Gasteiger partial charge in [0.05, 0.1) is 11.3 Å². The second-order valence-electron chi connectivity index (χ2n) is 8.09. The summed E-state index contributed by atoms with van der Waals surface area (Å²) in [5.41, 5.74) is 0.198. The maximum Gasteiger partial charge on any atom is 0.408 e. The van der Waals surface area contributed by atoms with Crippen molar-refractivity contribution in [2.45, 2.75) is 57.9 Å². The molecule has 1 amide bonds. The number of rotatable bonds is 4. The van der Waals surface area contributed by atoms with Crippen molar-refractivity contribution < 1.29 is 13.7 Å². The zero-order chi connectivity index (χ0) is 19.5. The van der Waals surface area contributed by atoms with E-state index in [1.165, 1.54) is 0 Å². The Labute approximate surface area is 159 Å². The Bertz CT molecular complexity index is 635. The van der Waals surface area contributed by atoms with E-state index in [0.717, 1.165) is 11.5 Å². The number of pyridine rings is 1. The molecule has 1 aliphatic rings. The molecule has 0 aliphatic heterocycles. The first-order chi connectivity index (χ1) is 12.0. The van der Waals surface area contributed by atoms with Crippen LogP contribution in [0.2, 0.25) is 0 Å². The van der Waals surface area contributed by atoms with Crippen LogP contribution in [0.25, 0.3) is 0 Å². The minimum atomic E-state index is -1.22. The molecule has 1 heterocycles. The molecule has 0 bridgehead atoms. The lowest BCUT2D eigenvalue weighted by molar-refractivity contribution is 0.0508. The molecule has 0 spiro atoms. The van der Waals surface area contributed by atoms with E-state index in [4.69, 9.17) is 4.74 Å². The van der Waals surface area contributed by atoms with Crippen LogP contribution in [0, 0.1) is 30.4 Å². The molecule has 0 saturated heterocycles. The van der Waals surface area contributed by atoms with E-state index in [-0.39, 0.29) is 0 Å². The number of carbonyl (C=O) groups is 1. The molecule has 26 heavy (non-hydrogen) atoms. The lowest BCUT2D eigenvalue weighted by atomic mass is 9.92. The third-order valence-corrected chi connectivity index (χ3v) is 5.44. The summed E-state index contributed by atoms with van der Waals surface area (Å²) in [6.07, 6.45) is 8.42. The largest absolute Gasteiger partial charge is 0.444 e. The summed E-state index contributed by atoms with van der Waals surface area (Å²) >= 11 is 0. The molecule has 1 N–H and O–H groups in total. The monoisotopic (exact) mass is 375 g/mol. The van der Waals surface area contributed by atoms with Crippen molar-refractivity contribution in [2.24, 2.45) is 0 Å². The lowest BCUT2D eigenvalue weighted by Crippen LogP contribution is -2.39. The molecular formula is C20H27N2O3S. The first kappa shape index (κ1) is 20.9. The molecule has 141 valence electrons. The summed E-state index contributed by atoms with van der Waals surface area (Å²) < 4.78 is 18.0. The predicted molar refractivity (Wildman–Crippen MR) is 104 cm³/mol. The molecule has 6 heteroatoms. The van der Waals surface area contributed by atoms with Gasteiger partial charge in [-0.15, -0.1) is 0 Å². The highest BCUT2D eigenvalue weighted by Crippen LogP contribution is 2.46. The lowest BCUT2D eigenvalue weighted by Gasteiger charge is -2.32. The zero-order valence-electron chi connectivity index (χ0n) is 16.2. The zero-order valence-corrected chi connectivity index (χ0v) is 17.0. The topological polar surface area (TPSA) is 68.3 Å².